The Kier molecular flexibility index (Phi) is 6.00. The van der Waals surface area contributed by atoms with Crippen LogP contribution in [0.5, 0.6) is 0 Å². The maximum absolute atomic E-state index is 9.03. The van der Waals surface area contributed by atoms with E-state index >= 15 is 0 Å². The number of nitrogen functional groups attached to an aromatic ring is 1. The molecule has 0 spiro atoms. The predicted octanol–water partition coefficient (Wildman–Crippen LogP) is 5.47. The van der Waals surface area contributed by atoms with Crippen molar-refractivity contribution >= 4 is 37.5 Å². The topological polar surface area (TPSA) is 49.8 Å². The minimum Gasteiger partial charge on any atom is -0.399 e. The lowest BCUT2D eigenvalue weighted by Crippen LogP contribution is -1.89. The third-order valence-corrected chi connectivity index (χ3v) is 4.97. The molecule has 27 heavy (non-hydrogen) atoms. The second-order valence-electron chi connectivity index (χ2n) is 5.60. The monoisotopic (exact) mass is 474 g/mol. The van der Waals surface area contributed by atoms with Gasteiger partial charge in [-0.15, -0.1) is 0 Å². The Bertz CT molecular complexity index is 1180. The molecular weight excluding hydrogens is 464 g/mol. The third-order valence-electron chi connectivity index (χ3n) is 3.65. The molecule has 3 aromatic carbocycles. The lowest BCUT2D eigenvalue weighted by atomic mass is 10.1. The third kappa shape index (κ3) is 4.81. The highest BCUT2D eigenvalue weighted by Gasteiger charge is 2.07. The van der Waals surface area contributed by atoms with E-state index in [0.717, 1.165) is 31.2 Å². The molecule has 0 aliphatic heterocycles. The van der Waals surface area contributed by atoms with Crippen molar-refractivity contribution in [2.24, 2.45) is 0 Å². The number of nitrogens with zero attached hydrogens (tertiary/aromatic N) is 1. The number of halogens is 2. The van der Waals surface area contributed by atoms with Gasteiger partial charge >= 0.3 is 0 Å². The molecule has 2 N–H and O–H groups in total. The Morgan fingerprint density at radius 3 is 1.74 bits per heavy atom. The summed E-state index contributed by atoms with van der Waals surface area (Å²) in [7, 11) is 0. The van der Waals surface area contributed by atoms with Crippen LogP contribution in [0.25, 0.3) is 0 Å². The average Bonchev–Trinajstić information content (AvgIpc) is 2.68. The molecule has 0 fully saturated rings. The lowest BCUT2D eigenvalue weighted by Gasteiger charge is -2.03. The van der Waals surface area contributed by atoms with Crippen molar-refractivity contribution in [1.29, 1.82) is 5.26 Å². The van der Waals surface area contributed by atoms with Crippen molar-refractivity contribution in [3.63, 3.8) is 0 Å². The van der Waals surface area contributed by atoms with Crippen molar-refractivity contribution in [3.8, 4) is 29.8 Å². The van der Waals surface area contributed by atoms with Crippen molar-refractivity contribution in [2.45, 2.75) is 0 Å². The molecule has 0 radical (unpaired) electrons. The number of hydrogen-bond donors (Lipinski definition) is 1. The van der Waals surface area contributed by atoms with Gasteiger partial charge in [-0.05, 0) is 80.4 Å². The molecule has 0 amide bonds. The van der Waals surface area contributed by atoms with Crippen LogP contribution < -0.4 is 5.73 Å². The van der Waals surface area contributed by atoms with Crippen LogP contribution in [-0.2, 0) is 0 Å². The van der Waals surface area contributed by atoms with Gasteiger partial charge in [0.1, 0.15) is 0 Å². The smallest absolute Gasteiger partial charge is 0.0992 e. The van der Waals surface area contributed by atoms with Gasteiger partial charge in [0.15, 0.2) is 0 Å². The molecule has 0 saturated carbocycles. The van der Waals surface area contributed by atoms with Gasteiger partial charge in [0.2, 0.25) is 0 Å². The van der Waals surface area contributed by atoms with Crippen molar-refractivity contribution in [1.82, 2.24) is 0 Å². The van der Waals surface area contributed by atoms with E-state index in [1.54, 1.807) is 12.1 Å². The molecule has 0 saturated heterocycles. The van der Waals surface area contributed by atoms with Crippen molar-refractivity contribution in [3.05, 3.63) is 97.4 Å². The Morgan fingerprint density at radius 2 is 1.19 bits per heavy atom. The van der Waals surface area contributed by atoms with Gasteiger partial charge in [-0.1, -0.05) is 35.8 Å². The van der Waals surface area contributed by atoms with Gasteiger partial charge in [-0.3, -0.25) is 0 Å². The van der Waals surface area contributed by atoms with Crippen LogP contribution in [0.3, 0.4) is 0 Å². The van der Waals surface area contributed by atoms with Crippen LogP contribution in [0.1, 0.15) is 27.8 Å². The fourth-order valence-electron chi connectivity index (χ4n) is 2.35. The number of rotatable bonds is 0. The van der Waals surface area contributed by atoms with Gasteiger partial charge in [-0.25, -0.2) is 0 Å². The van der Waals surface area contributed by atoms with Crippen LogP contribution in [0.15, 0.2) is 69.6 Å². The van der Waals surface area contributed by atoms with Crippen molar-refractivity contribution < 1.29 is 0 Å². The first kappa shape index (κ1) is 18.8. The summed E-state index contributed by atoms with van der Waals surface area (Å²) in [4.78, 5) is 0. The van der Waals surface area contributed by atoms with Gasteiger partial charge < -0.3 is 5.73 Å². The van der Waals surface area contributed by atoms with Gasteiger partial charge in [-0.2, -0.15) is 5.26 Å². The zero-order chi connectivity index (χ0) is 19.2. The fourth-order valence-corrected chi connectivity index (χ4v) is 3.21. The second kappa shape index (κ2) is 8.61. The normalized spacial score (nSPS) is 9.37. The summed E-state index contributed by atoms with van der Waals surface area (Å²) in [5.74, 6) is 12.6. The Hall–Kier alpha value is -2.97. The molecule has 0 bridgehead atoms. The SMILES string of the molecule is N#Cc1cccc(C#Cc2c(Br)ccc(Br)c2C#Cc2cccc(N)c2)c1. The largest absolute Gasteiger partial charge is 0.399 e. The molecular formula is C23H12Br2N2. The van der Waals surface area contributed by atoms with E-state index in [4.69, 9.17) is 11.0 Å². The standard InChI is InChI=1S/C23H12Br2N2/c24-22-11-12-23(25)21(10-8-17-4-2-6-19(27)14-17)20(22)9-7-16-3-1-5-18(13-16)15-26/h1-6,11-14H,27H2. The van der Waals surface area contributed by atoms with Crippen molar-refractivity contribution in [2.75, 3.05) is 5.73 Å². The number of nitrogens with two attached hydrogens (primary N) is 1. The molecule has 0 heterocycles. The van der Waals surface area contributed by atoms with Gasteiger partial charge in [0.25, 0.3) is 0 Å². The van der Waals surface area contributed by atoms with Crippen LogP contribution in [0.2, 0.25) is 0 Å². The molecule has 0 aliphatic carbocycles. The molecule has 0 aliphatic rings. The Labute approximate surface area is 175 Å². The molecule has 2 nitrogen and oxygen atoms in total. The van der Waals surface area contributed by atoms with Gasteiger partial charge in [0.05, 0.1) is 22.8 Å². The summed E-state index contributed by atoms with van der Waals surface area (Å²) < 4.78 is 1.71. The molecule has 128 valence electrons. The van der Waals surface area contributed by atoms with E-state index in [9.17, 15) is 0 Å². The maximum Gasteiger partial charge on any atom is 0.0992 e. The first-order valence-corrected chi connectivity index (χ1v) is 9.53. The van der Waals surface area contributed by atoms with Gasteiger partial charge in [0, 0.05) is 25.8 Å². The Balaban J connectivity index is 2.06. The number of nitriles is 1. The zero-order valence-electron chi connectivity index (χ0n) is 14.1. The molecule has 4 heteroatoms. The summed E-state index contributed by atoms with van der Waals surface area (Å²) in [6.45, 7) is 0. The van der Waals surface area contributed by atoms with E-state index in [1.165, 1.54) is 0 Å². The summed E-state index contributed by atoms with van der Waals surface area (Å²) in [5.41, 5.74) is 10.2. The molecule has 0 unspecified atom stereocenters. The van der Waals surface area contributed by atoms with Crippen LogP contribution in [-0.4, -0.2) is 0 Å². The molecule has 3 aromatic rings. The summed E-state index contributed by atoms with van der Waals surface area (Å²) in [6.07, 6.45) is 0. The molecule has 0 aromatic heterocycles. The van der Waals surface area contributed by atoms with E-state index in [-0.39, 0.29) is 0 Å². The summed E-state index contributed by atoms with van der Waals surface area (Å²) >= 11 is 7.12. The Morgan fingerprint density at radius 1 is 0.667 bits per heavy atom. The van der Waals surface area contributed by atoms with E-state index in [0.29, 0.717) is 11.3 Å². The van der Waals surface area contributed by atoms with E-state index in [2.05, 4.69) is 61.6 Å². The minimum absolute atomic E-state index is 0.580. The minimum atomic E-state index is 0.580. The highest BCUT2D eigenvalue weighted by molar-refractivity contribution is 9.11. The average molecular weight is 476 g/mol. The first-order valence-electron chi connectivity index (χ1n) is 7.94. The predicted molar refractivity (Wildman–Crippen MR) is 116 cm³/mol. The highest BCUT2D eigenvalue weighted by Crippen LogP contribution is 2.26. The van der Waals surface area contributed by atoms with Crippen LogP contribution in [0.4, 0.5) is 5.69 Å². The summed E-state index contributed by atoms with van der Waals surface area (Å²) in [6, 6.07) is 20.6. The quantitative estimate of drug-likeness (QED) is 0.346. The molecule has 0 atom stereocenters. The zero-order valence-corrected chi connectivity index (χ0v) is 17.2. The highest BCUT2D eigenvalue weighted by atomic mass is 79.9. The fraction of sp³-hybridized carbons (Fsp3) is 0. The summed E-state index contributed by atoms with van der Waals surface area (Å²) in [5, 5.41) is 9.03. The number of benzene rings is 3. The molecule has 3 rings (SSSR count). The maximum atomic E-state index is 9.03. The number of hydrogen-bond acceptors (Lipinski definition) is 2. The number of anilines is 1. The van der Waals surface area contributed by atoms with Crippen LogP contribution in [0, 0.1) is 35.0 Å². The van der Waals surface area contributed by atoms with Crippen LogP contribution >= 0.6 is 31.9 Å². The first-order chi connectivity index (χ1) is 13.1. The lowest BCUT2D eigenvalue weighted by molar-refractivity contribution is 1.47. The van der Waals surface area contributed by atoms with E-state index in [1.807, 2.05) is 48.5 Å². The van der Waals surface area contributed by atoms with E-state index < -0.39 is 0 Å². The second-order valence-corrected chi connectivity index (χ2v) is 7.31.